The zero-order valence-electron chi connectivity index (χ0n) is 12.0. The van der Waals surface area contributed by atoms with Gasteiger partial charge in [0.1, 0.15) is 4.88 Å². The van der Waals surface area contributed by atoms with Crippen molar-refractivity contribution in [2.45, 2.75) is 33.1 Å². The van der Waals surface area contributed by atoms with Crippen molar-refractivity contribution in [2.24, 2.45) is 0 Å². The lowest BCUT2D eigenvalue weighted by atomic mass is 9.98. The van der Waals surface area contributed by atoms with Gasteiger partial charge in [-0.3, -0.25) is 4.79 Å². The van der Waals surface area contributed by atoms with E-state index in [4.69, 9.17) is 0 Å². The van der Waals surface area contributed by atoms with Gasteiger partial charge in [0.25, 0.3) is 5.91 Å². The van der Waals surface area contributed by atoms with Gasteiger partial charge in [0.05, 0.1) is 16.9 Å². The maximum atomic E-state index is 12.2. The van der Waals surface area contributed by atoms with Gasteiger partial charge in [0.15, 0.2) is 0 Å². The number of carbonyl (C=O) groups excluding carboxylic acids is 1. The van der Waals surface area contributed by atoms with Crippen LogP contribution >= 0.6 is 27.3 Å². The van der Waals surface area contributed by atoms with E-state index in [9.17, 15) is 4.79 Å². The molecule has 2 rings (SSSR count). The Kier molecular flexibility index (Phi) is 4.30. The number of halogens is 1. The monoisotopic (exact) mass is 352 g/mol. The zero-order valence-corrected chi connectivity index (χ0v) is 14.4. The van der Waals surface area contributed by atoms with Crippen LogP contribution in [-0.4, -0.2) is 10.9 Å². The minimum absolute atomic E-state index is 0.0341. The molecule has 0 aliphatic heterocycles. The molecule has 5 heteroatoms. The predicted molar refractivity (Wildman–Crippen MR) is 87.6 cm³/mol. The van der Waals surface area contributed by atoms with Crippen molar-refractivity contribution in [1.82, 2.24) is 4.98 Å². The zero-order chi connectivity index (χ0) is 14.9. The molecule has 2 aromatic rings. The quantitative estimate of drug-likeness (QED) is 0.846. The van der Waals surface area contributed by atoms with Crippen LogP contribution in [0.4, 0.5) is 5.69 Å². The Bertz CT molecular complexity index is 644. The van der Waals surface area contributed by atoms with E-state index in [0.29, 0.717) is 4.88 Å². The topological polar surface area (TPSA) is 42.0 Å². The van der Waals surface area contributed by atoms with Crippen molar-refractivity contribution in [3.05, 3.63) is 44.3 Å². The van der Waals surface area contributed by atoms with Crippen LogP contribution in [0.15, 0.2) is 28.9 Å². The molecule has 0 unspecified atom stereocenters. The Hall–Kier alpha value is -1.20. The minimum Gasteiger partial charge on any atom is -0.320 e. The van der Waals surface area contributed by atoms with Gasteiger partial charge in [0, 0.05) is 9.89 Å². The maximum Gasteiger partial charge on any atom is 0.267 e. The van der Waals surface area contributed by atoms with Gasteiger partial charge in [0.2, 0.25) is 0 Å². The highest BCUT2D eigenvalue weighted by atomic mass is 79.9. The van der Waals surface area contributed by atoms with E-state index < -0.39 is 0 Å². The van der Waals surface area contributed by atoms with E-state index in [0.717, 1.165) is 20.7 Å². The molecule has 106 valence electrons. The lowest BCUT2D eigenvalue weighted by molar-refractivity contribution is 0.103. The standard InChI is InChI=1S/C15H17BrN2OS/c1-9-5-6-11(10(16)7-9)18-13(19)12-8-17-14(20-12)15(2,3)4/h5-8H,1-4H3,(H,18,19). The molecule has 0 radical (unpaired) electrons. The number of amides is 1. The van der Waals surface area contributed by atoms with Crippen LogP contribution < -0.4 is 5.32 Å². The molecule has 1 heterocycles. The molecule has 0 spiro atoms. The van der Waals surface area contributed by atoms with Crippen molar-refractivity contribution in [1.29, 1.82) is 0 Å². The highest BCUT2D eigenvalue weighted by Gasteiger charge is 2.20. The van der Waals surface area contributed by atoms with Crippen molar-refractivity contribution in [3.8, 4) is 0 Å². The molecule has 1 aromatic carbocycles. The molecule has 0 saturated carbocycles. The fraction of sp³-hybridized carbons (Fsp3) is 0.333. The molecule has 1 amide bonds. The molecule has 0 aliphatic carbocycles. The van der Waals surface area contributed by atoms with Gasteiger partial charge in [-0.25, -0.2) is 4.98 Å². The van der Waals surface area contributed by atoms with Crippen LogP contribution in [0.5, 0.6) is 0 Å². The number of thiazole rings is 1. The number of hydrogen-bond donors (Lipinski definition) is 1. The van der Waals surface area contributed by atoms with Crippen molar-refractivity contribution in [2.75, 3.05) is 5.32 Å². The summed E-state index contributed by atoms with van der Waals surface area (Å²) in [5, 5.41) is 3.87. The van der Waals surface area contributed by atoms with Crippen molar-refractivity contribution >= 4 is 38.9 Å². The molecule has 0 aliphatic rings. The number of carbonyl (C=O) groups is 1. The van der Waals surface area contributed by atoms with E-state index in [1.165, 1.54) is 11.3 Å². The third-order valence-electron chi connectivity index (χ3n) is 2.74. The van der Waals surface area contributed by atoms with E-state index >= 15 is 0 Å². The number of nitrogens with zero attached hydrogens (tertiary/aromatic N) is 1. The molecule has 0 fully saturated rings. The number of hydrogen-bond acceptors (Lipinski definition) is 3. The Balaban J connectivity index is 2.18. The van der Waals surface area contributed by atoms with E-state index in [2.05, 4.69) is 47.0 Å². The normalized spacial score (nSPS) is 11.4. The summed E-state index contributed by atoms with van der Waals surface area (Å²) < 4.78 is 0.881. The number of nitrogens with one attached hydrogen (secondary N) is 1. The second-order valence-electron chi connectivity index (χ2n) is 5.72. The Morgan fingerprint density at radius 1 is 1.35 bits per heavy atom. The van der Waals surface area contributed by atoms with Crippen LogP contribution in [0, 0.1) is 6.92 Å². The fourth-order valence-corrected chi connectivity index (χ4v) is 3.09. The number of aryl methyl sites for hydroxylation is 1. The van der Waals surface area contributed by atoms with Gasteiger partial charge in [-0.2, -0.15) is 0 Å². The second-order valence-corrected chi connectivity index (χ2v) is 7.60. The molecule has 0 bridgehead atoms. The smallest absolute Gasteiger partial charge is 0.267 e. The predicted octanol–water partition coefficient (Wildman–Crippen LogP) is 4.76. The van der Waals surface area contributed by atoms with Crippen LogP contribution in [-0.2, 0) is 5.41 Å². The van der Waals surface area contributed by atoms with E-state index in [1.807, 2.05) is 25.1 Å². The fourth-order valence-electron chi connectivity index (χ4n) is 1.63. The minimum atomic E-state index is -0.123. The van der Waals surface area contributed by atoms with Crippen molar-refractivity contribution < 1.29 is 4.79 Å². The van der Waals surface area contributed by atoms with Gasteiger partial charge >= 0.3 is 0 Å². The first kappa shape index (κ1) is 15.2. The van der Waals surface area contributed by atoms with Crippen molar-refractivity contribution in [3.63, 3.8) is 0 Å². The summed E-state index contributed by atoms with van der Waals surface area (Å²) in [7, 11) is 0. The van der Waals surface area contributed by atoms with Gasteiger partial charge in [-0.15, -0.1) is 11.3 Å². The Labute approximate surface area is 131 Å². The van der Waals surface area contributed by atoms with Crippen LogP contribution in [0.2, 0.25) is 0 Å². The average Bonchev–Trinajstić information content (AvgIpc) is 2.82. The number of aromatic nitrogens is 1. The molecule has 1 aromatic heterocycles. The third-order valence-corrected chi connectivity index (χ3v) is 4.82. The van der Waals surface area contributed by atoms with Gasteiger partial charge < -0.3 is 5.32 Å². The largest absolute Gasteiger partial charge is 0.320 e. The molecule has 0 saturated heterocycles. The Morgan fingerprint density at radius 3 is 2.60 bits per heavy atom. The lowest BCUT2D eigenvalue weighted by Gasteiger charge is -2.13. The lowest BCUT2D eigenvalue weighted by Crippen LogP contribution is -2.11. The summed E-state index contributed by atoms with van der Waals surface area (Å²) in [5.41, 5.74) is 1.88. The number of rotatable bonds is 2. The van der Waals surface area contributed by atoms with E-state index in [-0.39, 0.29) is 11.3 Å². The summed E-state index contributed by atoms with van der Waals surface area (Å²) in [4.78, 5) is 17.2. The first-order chi connectivity index (χ1) is 9.27. The van der Waals surface area contributed by atoms with E-state index in [1.54, 1.807) is 6.20 Å². The van der Waals surface area contributed by atoms with Crippen LogP contribution in [0.25, 0.3) is 0 Å². The SMILES string of the molecule is Cc1ccc(NC(=O)c2cnc(C(C)(C)C)s2)c(Br)c1. The first-order valence-corrected chi connectivity index (χ1v) is 7.92. The van der Waals surface area contributed by atoms with Crippen LogP contribution in [0.1, 0.15) is 41.0 Å². The summed E-state index contributed by atoms with van der Waals surface area (Å²) in [6.07, 6.45) is 1.64. The highest BCUT2D eigenvalue weighted by Crippen LogP contribution is 2.28. The van der Waals surface area contributed by atoms with Crippen LogP contribution in [0.3, 0.4) is 0 Å². The summed E-state index contributed by atoms with van der Waals surface area (Å²) in [6, 6.07) is 5.83. The second kappa shape index (κ2) is 5.66. The molecule has 0 atom stereocenters. The highest BCUT2D eigenvalue weighted by molar-refractivity contribution is 9.10. The molecule has 20 heavy (non-hydrogen) atoms. The summed E-state index contributed by atoms with van der Waals surface area (Å²) >= 11 is 4.90. The van der Waals surface area contributed by atoms with Gasteiger partial charge in [-0.05, 0) is 40.5 Å². The number of benzene rings is 1. The first-order valence-electron chi connectivity index (χ1n) is 6.31. The molecule has 3 nitrogen and oxygen atoms in total. The van der Waals surface area contributed by atoms with Gasteiger partial charge in [-0.1, -0.05) is 26.8 Å². The molecule has 1 N–H and O–H groups in total. The number of anilines is 1. The Morgan fingerprint density at radius 2 is 2.05 bits per heavy atom. The average molecular weight is 353 g/mol. The summed E-state index contributed by atoms with van der Waals surface area (Å²) in [5.74, 6) is -0.123. The molecular formula is C15H17BrN2OS. The summed E-state index contributed by atoms with van der Waals surface area (Å²) in [6.45, 7) is 8.27. The third kappa shape index (κ3) is 3.46. The molecular weight excluding hydrogens is 336 g/mol. The maximum absolute atomic E-state index is 12.2.